The van der Waals surface area contributed by atoms with Gasteiger partial charge in [-0.05, 0) is 42.5 Å². The highest BCUT2D eigenvalue weighted by Crippen LogP contribution is 2.13. The second-order valence-electron chi connectivity index (χ2n) is 4.87. The molecule has 1 atom stereocenters. The van der Waals surface area contributed by atoms with E-state index in [1.165, 1.54) is 24.1 Å². The summed E-state index contributed by atoms with van der Waals surface area (Å²) >= 11 is 1.73. The number of ether oxygens (including phenoxy) is 1. The number of benzene rings is 1. The van der Waals surface area contributed by atoms with Gasteiger partial charge in [-0.1, -0.05) is 12.1 Å². The van der Waals surface area contributed by atoms with E-state index in [1.54, 1.807) is 17.4 Å². The minimum Gasteiger partial charge on any atom is -0.465 e. The topological polar surface area (TPSA) is 38.3 Å². The van der Waals surface area contributed by atoms with Gasteiger partial charge in [0.15, 0.2) is 0 Å². The van der Waals surface area contributed by atoms with E-state index in [4.69, 9.17) is 0 Å². The molecule has 1 aromatic heterocycles. The number of hydrogen-bond donors (Lipinski definition) is 1. The van der Waals surface area contributed by atoms with Crippen molar-refractivity contribution in [1.82, 2.24) is 5.32 Å². The first-order valence-corrected chi connectivity index (χ1v) is 7.60. The molecule has 1 unspecified atom stereocenters. The molecule has 0 aliphatic rings. The fraction of sp³-hybridized carbons (Fsp3) is 0.312. The Morgan fingerprint density at radius 3 is 2.86 bits per heavy atom. The summed E-state index contributed by atoms with van der Waals surface area (Å²) in [4.78, 5) is 12.6. The van der Waals surface area contributed by atoms with Crippen molar-refractivity contribution < 1.29 is 13.9 Å². The average molecular weight is 307 g/mol. The van der Waals surface area contributed by atoms with Crippen molar-refractivity contribution in [2.24, 2.45) is 0 Å². The molecular formula is C16H18FNO2S. The highest BCUT2D eigenvalue weighted by atomic mass is 32.1. The van der Waals surface area contributed by atoms with Gasteiger partial charge < -0.3 is 10.1 Å². The van der Waals surface area contributed by atoms with Crippen LogP contribution in [0.25, 0.3) is 0 Å². The molecule has 0 saturated heterocycles. The first-order chi connectivity index (χ1) is 10.1. The zero-order valence-electron chi connectivity index (χ0n) is 12.1. The van der Waals surface area contributed by atoms with Crippen LogP contribution in [0.15, 0.2) is 35.7 Å². The van der Waals surface area contributed by atoms with Gasteiger partial charge in [0, 0.05) is 17.5 Å². The molecule has 5 heteroatoms. The van der Waals surface area contributed by atoms with Crippen LogP contribution in [0.4, 0.5) is 4.39 Å². The molecule has 3 nitrogen and oxygen atoms in total. The Morgan fingerprint density at radius 1 is 1.43 bits per heavy atom. The Kier molecular flexibility index (Phi) is 5.47. The Labute approximate surface area is 127 Å². The Morgan fingerprint density at radius 2 is 2.24 bits per heavy atom. The molecule has 112 valence electrons. The summed E-state index contributed by atoms with van der Waals surface area (Å²) in [6, 6.07) is 9.01. The lowest BCUT2D eigenvalue weighted by molar-refractivity contribution is 0.0595. The summed E-state index contributed by atoms with van der Waals surface area (Å²) < 4.78 is 18.3. The van der Waals surface area contributed by atoms with Gasteiger partial charge in [-0.15, -0.1) is 11.3 Å². The van der Waals surface area contributed by atoms with E-state index in [1.807, 2.05) is 6.07 Å². The molecule has 0 aliphatic carbocycles. The van der Waals surface area contributed by atoms with Crippen molar-refractivity contribution in [1.29, 1.82) is 0 Å². The standard InChI is InChI=1S/C16H18FNO2S/c1-11(8-13-4-3-7-21-13)18-10-12-5-6-14(15(17)9-12)16(19)20-2/h3-7,9,11,18H,8,10H2,1-2H3. The number of halogens is 1. The van der Waals surface area contributed by atoms with Crippen LogP contribution in [0.1, 0.15) is 27.7 Å². The van der Waals surface area contributed by atoms with Crippen LogP contribution in [0.5, 0.6) is 0 Å². The summed E-state index contributed by atoms with van der Waals surface area (Å²) in [5.41, 5.74) is 0.770. The monoisotopic (exact) mass is 307 g/mol. The number of thiophene rings is 1. The van der Waals surface area contributed by atoms with E-state index < -0.39 is 11.8 Å². The molecule has 1 heterocycles. The van der Waals surface area contributed by atoms with Crippen molar-refractivity contribution in [3.63, 3.8) is 0 Å². The van der Waals surface area contributed by atoms with Gasteiger partial charge in [0.2, 0.25) is 0 Å². The van der Waals surface area contributed by atoms with E-state index in [9.17, 15) is 9.18 Å². The molecule has 0 fully saturated rings. The van der Waals surface area contributed by atoms with Gasteiger partial charge in [-0.3, -0.25) is 0 Å². The van der Waals surface area contributed by atoms with Crippen molar-refractivity contribution in [3.8, 4) is 0 Å². The zero-order valence-corrected chi connectivity index (χ0v) is 12.9. The third-order valence-electron chi connectivity index (χ3n) is 3.18. The molecule has 0 aliphatic heterocycles. The fourth-order valence-electron chi connectivity index (χ4n) is 2.04. The van der Waals surface area contributed by atoms with Crippen LogP contribution >= 0.6 is 11.3 Å². The smallest absolute Gasteiger partial charge is 0.340 e. The molecule has 0 bridgehead atoms. The lowest BCUT2D eigenvalue weighted by Gasteiger charge is -2.13. The molecule has 0 spiro atoms. The number of carbonyl (C=O) groups excluding carboxylic acids is 1. The van der Waals surface area contributed by atoms with E-state index in [0.717, 1.165) is 12.0 Å². The second-order valence-corrected chi connectivity index (χ2v) is 5.90. The summed E-state index contributed by atoms with van der Waals surface area (Å²) in [6.07, 6.45) is 0.945. The quantitative estimate of drug-likeness (QED) is 0.831. The lowest BCUT2D eigenvalue weighted by atomic mass is 10.1. The normalized spacial score (nSPS) is 12.1. The average Bonchev–Trinajstić information content (AvgIpc) is 2.97. The highest BCUT2D eigenvalue weighted by molar-refractivity contribution is 7.09. The maximum Gasteiger partial charge on any atom is 0.340 e. The summed E-state index contributed by atoms with van der Waals surface area (Å²) in [7, 11) is 1.24. The van der Waals surface area contributed by atoms with Crippen molar-refractivity contribution >= 4 is 17.3 Å². The number of methoxy groups -OCH3 is 1. The predicted molar refractivity (Wildman–Crippen MR) is 82.1 cm³/mol. The second kappa shape index (κ2) is 7.33. The molecule has 1 N–H and O–H groups in total. The van der Waals surface area contributed by atoms with Gasteiger partial charge in [0.05, 0.1) is 12.7 Å². The minimum absolute atomic E-state index is 0.0344. The first-order valence-electron chi connectivity index (χ1n) is 6.72. The number of esters is 1. The number of rotatable bonds is 6. The highest BCUT2D eigenvalue weighted by Gasteiger charge is 2.12. The van der Waals surface area contributed by atoms with Crippen molar-refractivity contribution in [3.05, 3.63) is 57.5 Å². The van der Waals surface area contributed by atoms with Crippen LogP contribution in [-0.2, 0) is 17.7 Å². The van der Waals surface area contributed by atoms with Crippen LogP contribution < -0.4 is 5.32 Å². The maximum absolute atomic E-state index is 13.8. The van der Waals surface area contributed by atoms with E-state index in [-0.39, 0.29) is 5.56 Å². The number of hydrogen-bond acceptors (Lipinski definition) is 4. The maximum atomic E-state index is 13.8. The summed E-state index contributed by atoms with van der Waals surface area (Å²) in [5.74, 6) is -1.20. The Hall–Kier alpha value is -1.72. The van der Waals surface area contributed by atoms with E-state index in [0.29, 0.717) is 12.6 Å². The van der Waals surface area contributed by atoms with Crippen molar-refractivity contribution in [2.45, 2.75) is 25.9 Å². The van der Waals surface area contributed by atoms with Crippen LogP contribution in [-0.4, -0.2) is 19.1 Å². The van der Waals surface area contributed by atoms with Gasteiger partial charge in [0.25, 0.3) is 0 Å². The van der Waals surface area contributed by atoms with Crippen molar-refractivity contribution in [2.75, 3.05) is 7.11 Å². The fourth-order valence-corrected chi connectivity index (χ4v) is 2.87. The predicted octanol–water partition coefficient (Wildman–Crippen LogP) is 3.39. The first kappa shape index (κ1) is 15.7. The third-order valence-corrected chi connectivity index (χ3v) is 4.08. The largest absolute Gasteiger partial charge is 0.465 e. The lowest BCUT2D eigenvalue weighted by Crippen LogP contribution is -2.27. The van der Waals surface area contributed by atoms with Gasteiger partial charge in [-0.25, -0.2) is 9.18 Å². The molecule has 21 heavy (non-hydrogen) atoms. The minimum atomic E-state index is -0.655. The Balaban J connectivity index is 1.91. The van der Waals surface area contributed by atoms with Gasteiger partial charge >= 0.3 is 5.97 Å². The number of nitrogens with one attached hydrogen (secondary N) is 1. The van der Waals surface area contributed by atoms with Crippen LogP contribution in [0.2, 0.25) is 0 Å². The zero-order chi connectivity index (χ0) is 15.2. The number of carbonyl (C=O) groups is 1. The molecule has 1 aromatic carbocycles. The molecular weight excluding hydrogens is 289 g/mol. The Bertz CT molecular complexity index is 598. The molecule has 0 radical (unpaired) electrons. The molecule has 2 aromatic rings. The molecule has 2 rings (SSSR count). The summed E-state index contributed by atoms with van der Waals surface area (Å²) in [5, 5.41) is 5.41. The van der Waals surface area contributed by atoms with Gasteiger partial charge in [-0.2, -0.15) is 0 Å². The van der Waals surface area contributed by atoms with Crippen LogP contribution in [0, 0.1) is 5.82 Å². The summed E-state index contributed by atoms with van der Waals surface area (Å²) in [6.45, 7) is 2.66. The van der Waals surface area contributed by atoms with E-state index in [2.05, 4.69) is 28.4 Å². The molecule has 0 saturated carbocycles. The van der Waals surface area contributed by atoms with Crippen LogP contribution in [0.3, 0.4) is 0 Å². The third kappa shape index (κ3) is 4.37. The SMILES string of the molecule is COC(=O)c1ccc(CNC(C)Cc2cccs2)cc1F. The van der Waals surface area contributed by atoms with Gasteiger partial charge in [0.1, 0.15) is 5.82 Å². The van der Waals surface area contributed by atoms with E-state index >= 15 is 0 Å². The molecule has 0 amide bonds.